The van der Waals surface area contributed by atoms with Gasteiger partial charge in [-0.05, 0) is 11.5 Å². The van der Waals surface area contributed by atoms with E-state index < -0.39 is 10.0 Å². The molecule has 4 heteroatoms. The third kappa shape index (κ3) is 1.74. The Kier molecular flexibility index (Phi) is 2.69. The minimum Gasteiger partial charge on any atom is -0.207 e. The van der Waals surface area contributed by atoms with Gasteiger partial charge in [-0.15, -0.1) is 0 Å². The Hall–Kier alpha value is -1.65. The quantitative estimate of drug-likeness (QED) is 0.777. The van der Waals surface area contributed by atoms with Gasteiger partial charge in [0.15, 0.2) is 0 Å². The Labute approximate surface area is 106 Å². The monoisotopic (exact) mass is 259 g/mol. The lowest BCUT2D eigenvalue weighted by Crippen LogP contribution is -2.28. The van der Waals surface area contributed by atoms with Crippen LogP contribution in [0.5, 0.6) is 0 Å². The molecule has 0 unspecified atom stereocenters. The van der Waals surface area contributed by atoms with Gasteiger partial charge in [-0.1, -0.05) is 48.6 Å². The van der Waals surface area contributed by atoms with Gasteiger partial charge < -0.3 is 0 Å². The Balaban J connectivity index is 2.20. The van der Waals surface area contributed by atoms with Crippen molar-refractivity contribution >= 4 is 20.8 Å². The van der Waals surface area contributed by atoms with Crippen molar-refractivity contribution in [1.29, 1.82) is 0 Å². The van der Waals surface area contributed by atoms with Gasteiger partial charge in [0.05, 0.1) is 4.90 Å². The van der Waals surface area contributed by atoms with Crippen LogP contribution in [-0.4, -0.2) is 25.8 Å². The number of hydrogen-bond acceptors (Lipinski definition) is 2. The van der Waals surface area contributed by atoms with E-state index in [0.717, 1.165) is 10.8 Å². The first-order chi connectivity index (χ1) is 8.69. The summed E-state index contributed by atoms with van der Waals surface area (Å²) in [4.78, 5) is 0.393. The second kappa shape index (κ2) is 4.23. The number of rotatable bonds is 2. The zero-order valence-corrected chi connectivity index (χ0v) is 10.6. The van der Waals surface area contributed by atoms with E-state index in [9.17, 15) is 8.42 Å². The molecule has 0 bridgehead atoms. The molecule has 0 aromatic heterocycles. The van der Waals surface area contributed by atoms with Gasteiger partial charge in [-0.3, -0.25) is 0 Å². The number of sulfonamides is 1. The maximum atomic E-state index is 12.5. The topological polar surface area (TPSA) is 37.4 Å². The Morgan fingerprint density at radius 2 is 1.56 bits per heavy atom. The van der Waals surface area contributed by atoms with Crippen LogP contribution < -0.4 is 0 Å². The predicted octanol–water partition coefficient (Wildman–Crippen LogP) is 2.40. The van der Waals surface area contributed by atoms with Gasteiger partial charge in [-0.25, -0.2) is 8.42 Å². The van der Waals surface area contributed by atoms with Gasteiger partial charge >= 0.3 is 0 Å². The molecule has 0 atom stereocenters. The van der Waals surface area contributed by atoms with Crippen LogP contribution in [-0.2, 0) is 10.0 Å². The summed E-state index contributed by atoms with van der Waals surface area (Å²) in [5.41, 5.74) is 0. The third-order valence-electron chi connectivity index (χ3n) is 3.15. The fourth-order valence-electron chi connectivity index (χ4n) is 2.21. The molecule has 3 rings (SSSR count). The Bertz CT molecular complexity index is 706. The lowest BCUT2D eigenvalue weighted by Gasteiger charge is -2.16. The molecule has 1 aliphatic rings. The molecule has 0 amide bonds. The standard InChI is InChI=1S/C14H13NO2S/c16-18(17,15-10-3-4-11-15)14-9-5-7-12-6-1-2-8-13(12)14/h1-9H,10-11H2. The average molecular weight is 259 g/mol. The molecular formula is C14H13NO2S. The molecule has 0 N–H and O–H groups in total. The summed E-state index contributed by atoms with van der Waals surface area (Å²) in [5, 5.41) is 1.73. The molecule has 92 valence electrons. The lowest BCUT2D eigenvalue weighted by molar-refractivity contribution is 0.489. The maximum Gasteiger partial charge on any atom is 0.244 e. The zero-order chi connectivity index (χ0) is 12.6. The maximum absolute atomic E-state index is 12.5. The van der Waals surface area contributed by atoms with Crippen LogP contribution >= 0.6 is 0 Å². The first-order valence-electron chi connectivity index (χ1n) is 5.82. The van der Waals surface area contributed by atoms with Crippen molar-refractivity contribution in [2.75, 3.05) is 13.1 Å². The van der Waals surface area contributed by atoms with E-state index in [1.165, 1.54) is 4.31 Å². The third-order valence-corrected chi connectivity index (χ3v) is 5.04. The van der Waals surface area contributed by atoms with Crippen LogP contribution in [0.1, 0.15) is 0 Å². The fourth-order valence-corrected chi connectivity index (χ4v) is 3.77. The molecule has 0 radical (unpaired) electrons. The van der Waals surface area contributed by atoms with E-state index >= 15 is 0 Å². The fraction of sp³-hybridized carbons (Fsp3) is 0.143. The van der Waals surface area contributed by atoms with Crippen molar-refractivity contribution in [3.63, 3.8) is 0 Å². The van der Waals surface area contributed by atoms with Crippen molar-refractivity contribution in [3.05, 3.63) is 54.6 Å². The summed E-state index contributed by atoms with van der Waals surface area (Å²) in [6.45, 7) is 0.928. The number of benzene rings is 2. The minimum atomic E-state index is -3.39. The summed E-state index contributed by atoms with van der Waals surface area (Å²) in [6, 6.07) is 13.0. The Morgan fingerprint density at radius 3 is 2.33 bits per heavy atom. The molecular weight excluding hydrogens is 246 g/mol. The minimum absolute atomic E-state index is 0.393. The summed E-state index contributed by atoms with van der Waals surface area (Å²) >= 11 is 0. The predicted molar refractivity (Wildman–Crippen MR) is 71.8 cm³/mol. The molecule has 1 heterocycles. The van der Waals surface area contributed by atoms with Crippen LogP contribution in [0, 0.1) is 0 Å². The van der Waals surface area contributed by atoms with Gasteiger partial charge in [0.25, 0.3) is 0 Å². The molecule has 0 fully saturated rings. The zero-order valence-electron chi connectivity index (χ0n) is 9.78. The molecule has 0 aliphatic carbocycles. The summed E-state index contributed by atoms with van der Waals surface area (Å²) in [6.07, 6.45) is 3.76. The van der Waals surface area contributed by atoms with Crippen LogP contribution in [0.2, 0.25) is 0 Å². The van der Waals surface area contributed by atoms with Crippen molar-refractivity contribution in [2.45, 2.75) is 4.90 Å². The molecule has 2 aromatic carbocycles. The highest BCUT2D eigenvalue weighted by molar-refractivity contribution is 7.89. The number of nitrogens with zero attached hydrogens (tertiary/aromatic N) is 1. The van der Waals surface area contributed by atoms with Crippen molar-refractivity contribution in [2.24, 2.45) is 0 Å². The molecule has 3 nitrogen and oxygen atoms in total. The van der Waals surface area contributed by atoms with E-state index in [-0.39, 0.29) is 0 Å². The molecule has 0 saturated heterocycles. The first kappa shape index (κ1) is 11.4. The van der Waals surface area contributed by atoms with Gasteiger partial charge in [-0.2, -0.15) is 4.31 Å². The molecule has 2 aromatic rings. The van der Waals surface area contributed by atoms with E-state index in [1.54, 1.807) is 12.1 Å². The van der Waals surface area contributed by atoms with Crippen molar-refractivity contribution in [1.82, 2.24) is 4.31 Å². The van der Waals surface area contributed by atoms with Gasteiger partial charge in [0.2, 0.25) is 10.0 Å². The van der Waals surface area contributed by atoms with Crippen LogP contribution in [0.3, 0.4) is 0 Å². The first-order valence-corrected chi connectivity index (χ1v) is 7.26. The smallest absolute Gasteiger partial charge is 0.207 e. The summed E-state index contributed by atoms with van der Waals surface area (Å²) in [7, 11) is -3.39. The van der Waals surface area contributed by atoms with Crippen LogP contribution in [0.15, 0.2) is 59.5 Å². The SMILES string of the molecule is O=S(=O)(c1cccc2ccccc12)N1CC=CC1. The lowest BCUT2D eigenvalue weighted by atomic mass is 10.1. The van der Waals surface area contributed by atoms with Gasteiger partial charge in [0, 0.05) is 18.5 Å². The average Bonchev–Trinajstić information content (AvgIpc) is 2.92. The summed E-state index contributed by atoms with van der Waals surface area (Å²) in [5.74, 6) is 0. The van der Waals surface area contributed by atoms with E-state index in [0.29, 0.717) is 18.0 Å². The molecule has 0 saturated carbocycles. The number of fused-ring (bicyclic) bond motifs is 1. The highest BCUT2D eigenvalue weighted by Gasteiger charge is 2.26. The molecule has 0 spiro atoms. The van der Waals surface area contributed by atoms with E-state index in [4.69, 9.17) is 0 Å². The second-order valence-corrected chi connectivity index (χ2v) is 6.18. The van der Waals surface area contributed by atoms with Crippen LogP contribution in [0.25, 0.3) is 10.8 Å². The van der Waals surface area contributed by atoms with E-state index in [2.05, 4.69) is 0 Å². The number of hydrogen-bond donors (Lipinski definition) is 0. The summed E-state index contributed by atoms with van der Waals surface area (Å²) < 4.78 is 26.5. The Morgan fingerprint density at radius 1 is 0.889 bits per heavy atom. The van der Waals surface area contributed by atoms with Crippen LogP contribution in [0.4, 0.5) is 0 Å². The molecule has 18 heavy (non-hydrogen) atoms. The second-order valence-electron chi connectivity index (χ2n) is 4.27. The normalized spacial score (nSPS) is 16.4. The van der Waals surface area contributed by atoms with Gasteiger partial charge in [0.1, 0.15) is 0 Å². The highest BCUT2D eigenvalue weighted by Crippen LogP contribution is 2.26. The largest absolute Gasteiger partial charge is 0.244 e. The van der Waals surface area contributed by atoms with E-state index in [1.807, 2.05) is 42.5 Å². The molecule has 1 aliphatic heterocycles. The highest BCUT2D eigenvalue weighted by atomic mass is 32.2. The van der Waals surface area contributed by atoms with Crippen molar-refractivity contribution < 1.29 is 8.42 Å². The van der Waals surface area contributed by atoms with Crippen molar-refractivity contribution in [3.8, 4) is 0 Å².